The highest BCUT2D eigenvalue weighted by atomic mass is 35.5. The summed E-state index contributed by atoms with van der Waals surface area (Å²) in [5.74, 6) is -0.855. The van der Waals surface area contributed by atoms with Crippen molar-refractivity contribution in [3.63, 3.8) is 0 Å². The first kappa shape index (κ1) is 21.7. The molecule has 8 nitrogen and oxygen atoms in total. The van der Waals surface area contributed by atoms with E-state index in [4.69, 9.17) is 11.6 Å². The van der Waals surface area contributed by atoms with Gasteiger partial charge in [-0.1, -0.05) is 17.7 Å². The number of phenols is 1. The fraction of sp³-hybridized carbons (Fsp3) is 0.222. The van der Waals surface area contributed by atoms with E-state index < -0.39 is 15.9 Å². The van der Waals surface area contributed by atoms with Gasteiger partial charge in [-0.15, -0.1) is 0 Å². The molecule has 0 radical (unpaired) electrons. The Hall–Kier alpha value is -2.62. The van der Waals surface area contributed by atoms with E-state index in [-0.39, 0.29) is 33.7 Å². The van der Waals surface area contributed by atoms with E-state index in [1.54, 1.807) is 12.1 Å². The minimum Gasteiger partial charge on any atom is -0.508 e. The number of amides is 2. The number of nitrogens with one attached hydrogen (secondary N) is 3. The zero-order valence-corrected chi connectivity index (χ0v) is 16.6. The van der Waals surface area contributed by atoms with Crippen LogP contribution >= 0.6 is 11.6 Å². The molecular weight excluding hydrogens is 406 g/mol. The largest absolute Gasteiger partial charge is 0.508 e. The molecule has 2 aromatic carbocycles. The topological polar surface area (TPSA) is 125 Å². The maximum absolute atomic E-state index is 12.3. The van der Waals surface area contributed by atoms with Crippen molar-refractivity contribution < 1.29 is 23.1 Å². The van der Waals surface area contributed by atoms with Gasteiger partial charge in [-0.2, -0.15) is 0 Å². The molecule has 2 rings (SSSR count). The van der Waals surface area contributed by atoms with Gasteiger partial charge in [-0.3, -0.25) is 9.59 Å². The summed E-state index contributed by atoms with van der Waals surface area (Å²) in [6.07, 6.45) is 0.447. The van der Waals surface area contributed by atoms with Crippen LogP contribution in [0.3, 0.4) is 0 Å². The second-order valence-corrected chi connectivity index (χ2v) is 8.06. The van der Waals surface area contributed by atoms with Crippen LogP contribution in [0.5, 0.6) is 5.75 Å². The Bertz CT molecular complexity index is 979. The lowest BCUT2D eigenvalue weighted by atomic mass is 10.2. The first-order chi connectivity index (χ1) is 13.2. The maximum atomic E-state index is 12.3. The summed E-state index contributed by atoms with van der Waals surface area (Å²) >= 11 is 5.99. The van der Waals surface area contributed by atoms with Crippen LogP contribution in [-0.4, -0.2) is 45.5 Å². The third kappa shape index (κ3) is 5.69. The quantitative estimate of drug-likeness (QED) is 0.477. The van der Waals surface area contributed by atoms with Gasteiger partial charge in [0.15, 0.2) is 0 Å². The number of carbonyl (C=O) groups is 2. The molecule has 0 spiro atoms. The zero-order chi connectivity index (χ0) is 20.7. The Balaban J connectivity index is 1.86. The number of benzene rings is 2. The van der Waals surface area contributed by atoms with E-state index in [1.807, 2.05) is 0 Å². The number of halogens is 1. The van der Waals surface area contributed by atoms with Gasteiger partial charge in [0.2, 0.25) is 10.0 Å². The minimum atomic E-state index is -3.69. The zero-order valence-electron chi connectivity index (χ0n) is 15.0. The van der Waals surface area contributed by atoms with Crippen molar-refractivity contribution in [2.45, 2.75) is 11.3 Å². The Labute approximate surface area is 168 Å². The van der Waals surface area contributed by atoms with E-state index in [9.17, 15) is 23.1 Å². The average Bonchev–Trinajstić information content (AvgIpc) is 2.67. The number of hydrogen-bond acceptors (Lipinski definition) is 5. The smallest absolute Gasteiger partial charge is 0.252 e. The van der Waals surface area contributed by atoms with Gasteiger partial charge in [-0.25, -0.2) is 13.1 Å². The molecule has 4 N–H and O–H groups in total. The van der Waals surface area contributed by atoms with Crippen molar-refractivity contribution in [3.8, 4) is 5.75 Å². The van der Waals surface area contributed by atoms with Crippen molar-refractivity contribution in [2.75, 3.05) is 20.1 Å². The van der Waals surface area contributed by atoms with E-state index in [1.165, 1.54) is 37.4 Å². The molecule has 28 heavy (non-hydrogen) atoms. The number of sulfonamides is 1. The third-order valence-electron chi connectivity index (χ3n) is 3.79. The number of phenolic OH excluding ortho intramolecular Hbond substituents is 1. The van der Waals surface area contributed by atoms with Gasteiger partial charge in [0, 0.05) is 18.7 Å². The van der Waals surface area contributed by atoms with Gasteiger partial charge < -0.3 is 15.7 Å². The summed E-state index contributed by atoms with van der Waals surface area (Å²) in [5, 5.41) is 14.8. The highest BCUT2D eigenvalue weighted by Gasteiger charge is 2.17. The molecule has 150 valence electrons. The molecule has 0 aliphatic heterocycles. The van der Waals surface area contributed by atoms with Crippen LogP contribution in [0.4, 0.5) is 0 Å². The van der Waals surface area contributed by atoms with Crippen LogP contribution < -0.4 is 15.4 Å². The lowest BCUT2D eigenvalue weighted by molar-refractivity contribution is 0.0951. The van der Waals surface area contributed by atoms with Gasteiger partial charge in [0.25, 0.3) is 11.8 Å². The molecule has 2 amide bonds. The Morgan fingerprint density at radius 1 is 1.04 bits per heavy atom. The second kappa shape index (κ2) is 9.54. The molecule has 0 saturated heterocycles. The number of hydrogen-bond donors (Lipinski definition) is 4. The Morgan fingerprint density at radius 2 is 1.71 bits per heavy atom. The molecule has 0 unspecified atom stereocenters. The Morgan fingerprint density at radius 3 is 2.36 bits per heavy atom. The molecule has 0 heterocycles. The van der Waals surface area contributed by atoms with Crippen molar-refractivity contribution in [3.05, 3.63) is 58.6 Å². The highest BCUT2D eigenvalue weighted by molar-refractivity contribution is 7.89. The van der Waals surface area contributed by atoms with E-state index in [0.29, 0.717) is 18.5 Å². The van der Waals surface area contributed by atoms with Crippen LogP contribution in [0.1, 0.15) is 27.1 Å². The molecular formula is C18H20ClN3O5S. The minimum absolute atomic E-state index is 0.000639. The average molecular weight is 426 g/mol. The summed E-state index contributed by atoms with van der Waals surface area (Å²) in [6, 6.07) is 9.81. The van der Waals surface area contributed by atoms with Crippen molar-refractivity contribution in [2.24, 2.45) is 0 Å². The van der Waals surface area contributed by atoms with E-state index in [2.05, 4.69) is 15.4 Å². The number of carbonyl (C=O) groups excluding carboxylic acids is 2. The molecule has 0 bridgehead atoms. The molecule has 0 saturated carbocycles. The molecule has 0 aromatic heterocycles. The first-order valence-corrected chi connectivity index (χ1v) is 10.2. The lowest BCUT2D eigenvalue weighted by Gasteiger charge is -2.10. The fourth-order valence-electron chi connectivity index (χ4n) is 2.30. The molecule has 0 atom stereocenters. The van der Waals surface area contributed by atoms with Gasteiger partial charge in [0.05, 0.1) is 15.5 Å². The SMILES string of the molecule is CNS(=O)(=O)c1ccc(Cl)c(C(=O)NCCCNC(=O)c2cccc(O)c2)c1. The third-order valence-corrected chi connectivity index (χ3v) is 5.54. The van der Waals surface area contributed by atoms with Crippen LogP contribution in [-0.2, 0) is 10.0 Å². The standard InChI is InChI=1S/C18H20ClN3O5S/c1-20-28(26,27)14-6-7-16(19)15(11-14)18(25)22-9-3-8-21-17(24)12-4-2-5-13(23)10-12/h2,4-7,10-11,20,23H,3,8-9H2,1H3,(H,21,24)(H,22,25). The van der Waals surface area contributed by atoms with Gasteiger partial charge in [0.1, 0.15) is 5.75 Å². The number of rotatable bonds is 8. The summed E-state index contributed by atoms with van der Waals surface area (Å²) in [4.78, 5) is 24.1. The van der Waals surface area contributed by atoms with Crippen LogP contribution in [0, 0.1) is 0 Å². The molecule has 2 aromatic rings. The lowest BCUT2D eigenvalue weighted by Crippen LogP contribution is -2.30. The first-order valence-electron chi connectivity index (χ1n) is 8.33. The Kier molecular flexibility index (Phi) is 7.38. The maximum Gasteiger partial charge on any atom is 0.252 e. The van der Waals surface area contributed by atoms with Crippen molar-refractivity contribution >= 4 is 33.4 Å². The predicted octanol–water partition coefficient (Wildman–Crippen LogP) is 1.50. The summed E-state index contributed by atoms with van der Waals surface area (Å²) < 4.78 is 25.9. The predicted molar refractivity (Wildman–Crippen MR) is 105 cm³/mol. The summed E-state index contributed by atoms with van der Waals surface area (Å²) in [5.41, 5.74) is 0.375. The molecule has 0 fully saturated rings. The highest BCUT2D eigenvalue weighted by Crippen LogP contribution is 2.20. The normalized spacial score (nSPS) is 11.1. The monoisotopic (exact) mass is 425 g/mol. The van der Waals surface area contributed by atoms with E-state index >= 15 is 0 Å². The molecule has 0 aliphatic rings. The molecule has 10 heteroatoms. The van der Waals surface area contributed by atoms with Crippen molar-refractivity contribution in [1.29, 1.82) is 0 Å². The van der Waals surface area contributed by atoms with E-state index in [0.717, 1.165) is 0 Å². The molecule has 0 aliphatic carbocycles. The fourth-order valence-corrected chi connectivity index (χ4v) is 3.26. The van der Waals surface area contributed by atoms with Gasteiger partial charge >= 0.3 is 0 Å². The van der Waals surface area contributed by atoms with Gasteiger partial charge in [-0.05, 0) is 49.9 Å². The number of aromatic hydroxyl groups is 1. The summed E-state index contributed by atoms with van der Waals surface area (Å²) in [6.45, 7) is 0.551. The van der Waals surface area contributed by atoms with Crippen LogP contribution in [0.2, 0.25) is 5.02 Å². The van der Waals surface area contributed by atoms with Crippen molar-refractivity contribution in [1.82, 2.24) is 15.4 Å². The summed E-state index contributed by atoms with van der Waals surface area (Å²) in [7, 11) is -2.42. The van der Waals surface area contributed by atoms with Crippen LogP contribution in [0.25, 0.3) is 0 Å². The van der Waals surface area contributed by atoms with Crippen LogP contribution in [0.15, 0.2) is 47.4 Å². The second-order valence-electron chi connectivity index (χ2n) is 5.76.